The molecule has 0 aromatic heterocycles. The SMILES string of the molecule is CCC(=O)C(C)NC(=O)C1CCCCC1(C)C. The molecule has 0 heterocycles. The molecule has 1 fully saturated rings. The number of nitrogens with one attached hydrogen (secondary N) is 1. The van der Waals surface area contributed by atoms with Crippen LogP contribution in [0.4, 0.5) is 0 Å². The van der Waals surface area contributed by atoms with Crippen LogP contribution in [0.3, 0.4) is 0 Å². The Labute approximate surface area is 104 Å². The van der Waals surface area contributed by atoms with E-state index in [-0.39, 0.29) is 29.1 Å². The Hall–Kier alpha value is -0.860. The molecule has 0 radical (unpaired) electrons. The van der Waals surface area contributed by atoms with Gasteiger partial charge in [0, 0.05) is 12.3 Å². The molecule has 0 bridgehead atoms. The third-order valence-electron chi connectivity index (χ3n) is 4.01. The zero-order valence-corrected chi connectivity index (χ0v) is 11.5. The number of ketones is 1. The van der Waals surface area contributed by atoms with Crippen molar-refractivity contribution in [3.8, 4) is 0 Å². The summed E-state index contributed by atoms with van der Waals surface area (Å²) in [6.45, 7) is 7.92. The summed E-state index contributed by atoms with van der Waals surface area (Å²) in [5, 5.41) is 2.87. The minimum Gasteiger partial charge on any atom is -0.346 e. The number of rotatable bonds is 4. The zero-order valence-electron chi connectivity index (χ0n) is 11.5. The first kappa shape index (κ1) is 14.2. The number of carbonyl (C=O) groups is 2. The van der Waals surface area contributed by atoms with Crippen molar-refractivity contribution in [1.82, 2.24) is 5.32 Å². The maximum absolute atomic E-state index is 12.2. The van der Waals surface area contributed by atoms with E-state index in [0.29, 0.717) is 6.42 Å². The standard InChI is InChI=1S/C14H25NO2/c1-5-12(16)10(2)15-13(17)11-8-6-7-9-14(11,3)4/h10-11H,5-9H2,1-4H3,(H,15,17). The fourth-order valence-corrected chi connectivity index (χ4v) is 2.68. The highest BCUT2D eigenvalue weighted by Gasteiger charge is 2.37. The van der Waals surface area contributed by atoms with Gasteiger partial charge < -0.3 is 5.32 Å². The number of hydrogen-bond donors (Lipinski definition) is 1. The van der Waals surface area contributed by atoms with E-state index in [9.17, 15) is 9.59 Å². The summed E-state index contributed by atoms with van der Waals surface area (Å²) in [4.78, 5) is 23.7. The molecule has 1 N–H and O–H groups in total. The van der Waals surface area contributed by atoms with Gasteiger partial charge in [-0.15, -0.1) is 0 Å². The smallest absolute Gasteiger partial charge is 0.224 e. The van der Waals surface area contributed by atoms with Gasteiger partial charge >= 0.3 is 0 Å². The first-order valence-corrected chi connectivity index (χ1v) is 6.71. The normalized spacial score (nSPS) is 25.1. The number of Topliss-reactive ketones (excluding diaryl/α,β-unsaturated/α-hetero) is 1. The lowest BCUT2D eigenvalue weighted by atomic mass is 9.68. The molecule has 2 unspecified atom stereocenters. The Morgan fingerprint density at radius 1 is 1.35 bits per heavy atom. The molecule has 2 atom stereocenters. The van der Waals surface area contributed by atoms with Crippen LogP contribution in [0.5, 0.6) is 0 Å². The number of hydrogen-bond acceptors (Lipinski definition) is 2. The van der Waals surface area contributed by atoms with E-state index in [1.54, 1.807) is 6.92 Å². The van der Waals surface area contributed by atoms with E-state index < -0.39 is 0 Å². The molecule has 0 saturated heterocycles. The molecule has 1 aliphatic carbocycles. The molecule has 0 aliphatic heterocycles. The first-order valence-electron chi connectivity index (χ1n) is 6.71. The van der Waals surface area contributed by atoms with Crippen LogP contribution in [0.2, 0.25) is 0 Å². The van der Waals surface area contributed by atoms with Gasteiger partial charge in [0.2, 0.25) is 5.91 Å². The van der Waals surface area contributed by atoms with Crippen LogP contribution in [0.1, 0.15) is 59.8 Å². The zero-order chi connectivity index (χ0) is 13.1. The van der Waals surface area contributed by atoms with Crippen molar-refractivity contribution in [3.05, 3.63) is 0 Å². The Morgan fingerprint density at radius 2 is 2.00 bits per heavy atom. The summed E-state index contributed by atoms with van der Waals surface area (Å²) >= 11 is 0. The maximum Gasteiger partial charge on any atom is 0.224 e. The van der Waals surface area contributed by atoms with Gasteiger partial charge in [0.1, 0.15) is 0 Å². The molecular formula is C14H25NO2. The fraction of sp³-hybridized carbons (Fsp3) is 0.857. The lowest BCUT2D eigenvalue weighted by molar-refractivity contribution is -0.133. The van der Waals surface area contributed by atoms with Gasteiger partial charge in [0.05, 0.1) is 6.04 Å². The molecule has 17 heavy (non-hydrogen) atoms. The summed E-state index contributed by atoms with van der Waals surface area (Å²) in [6, 6.07) is -0.342. The number of amides is 1. The fourth-order valence-electron chi connectivity index (χ4n) is 2.68. The molecule has 3 heteroatoms. The molecule has 3 nitrogen and oxygen atoms in total. The lowest BCUT2D eigenvalue weighted by Crippen LogP contribution is -2.46. The highest BCUT2D eigenvalue weighted by atomic mass is 16.2. The summed E-state index contributed by atoms with van der Waals surface area (Å²) in [5.74, 6) is 0.222. The molecule has 0 aromatic carbocycles. The third-order valence-corrected chi connectivity index (χ3v) is 4.01. The van der Waals surface area contributed by atoms with Gasteiger partial charge in [-0.25, -0.2) is 0 Å². The van der Waals surface area contributed by atoms with E-state index in [1.165, 1.54) is 6.42 Å². The van der Waals surface area contributed by atoms with Crippen molar-refractivity contribution < 1.29 is 9.59 Å². The number of carbonyl (C=O) groups excluding carboxylic acids is 2. The van der Waals surface area contributed by atoms with Crippen molar-refractivity contribution in [2.45, 2.75) is 65.8 Å². The van der Waals surface area contributed by atoms with E-state index >= 15 is 0 Å². The second-order valence-electron chi connectivity index (χ2n) is 5.84. The van der Waals surface area contributed by atoms with Crippen LogP contribution in [0, 0.1) is 11.3 Å². The van der Waals surface area contributed by atoms with Crippen molar-refractivity contribution in [1.29, 1.82) is 0 Å². The summed E-state index contributed by atoms with van der Waals surface area (Å²) in [7, 11) is 0. The highest BCUT2D eigenvalue weighted by Crippen LogP contribution is 2.40. The summed E-state index contributed by atoms with van der Waals surface area (Å²) in [6.07, 6.45) is 4.86. The molecule has 0 spiro atoms. The van der Waals surface area contributed by atoms with Gasteiger partial charge in [0.15, 0.2) is 5.78 Å². The lowest BCUT2D eigenvalue weighted by Gasteiger charge is -2.37. The summed E-state index contributed by atoms with van der Waals surface area (Å²) in [5.41, 5.74) is 0.0668. The average molecular weight is 239 g/mol. The molecular weight excluding hydrogens is 214 g/mol. The third kappa shape index (κ3) is 3.55. The van der Waals surface area contributed by atoms with E-state index in [1.807, 2.05) is 6.92 Å². The van der Waals surface area contributed by atoms with Crippen LogP contribution in [-0.2, 0) is 9.59 Å². The molecule has 1 amide bonds. The van der Waals surface area contributed by atoms with E-state index in [4.69, 9.17) is 0 Å². The topological polar surface area (TPSA) is 46.2 Å². The molecule has 0 aromatic rings. The van der Waals surface area contributed by atoms with Crippen LogP contribution < -0.4 is 5.32 Å². The Kier molecular flexibility index (Phi) is 4.72. The van der Waals surface area contributed by atoms with Crippen LogP contribution in [0.15, 0.2) is 0 Å². The van der Waals surface area contributed by atoms with E-state index in [2.05, 4.69) is 19.2 Å². The second-order valence-corrected chi connectivity index (χ2v) is 5.84. The molecule has 1 aliphatic rings. The minimum absolute atomic E-state index is 0.0587. The van der Waals surface area contributed by atoms with Crippen molar-refractivity contribution in [3.63, 3.8) is 0 Å². The highest BCUT2D eigenvalue weighted by molar-refractivity contribution is 5.89. The predicted octanol–water partition coefficient (Wildman–Crippen LogP) is 2.69. The van der Waals surface area contributed by atoms with Gasteiger partial charge in [-0.1, -0.05) is 33.6 Å². The van der Waals surface area contributed by atoms with Crippen LogP contribution in [-0.4, -0.2) is 17.7 Å². The second kappa shape index (κ2) is 5.65. The maximum atomic E-state index is 12.2. The Balaban J connectivity index is 2.60. The quantitative estimate of drug-likeness (QED) is 0.820. The van der Waals surface area contributed by atoms with Gasteiger partial charge in [0.25, 0.3) is 0 Å². The minimum atomic E-state index is -0.342. The molecule has 98 valence electrons. The van der Waals surface area contributed by atoms with E-state index in [0.717, 1.165) is 19.3 Å². The van der Waals surface area contributed by atoms with Gasteiger partial charge in [-0.2, -0.15) is 0 Å². The monoisotopic (exact) mass is 239 g/mol. The first-order chi connectivity index (χ1) is 7.88. The molecule has 1 saturated carbocycles. The largest absolute Gasteiger partial charge is 0.346 e. The Bertz CT molecular complexity index is 297. The summed E-state index contributed by atoms with van der Waals surface area (Å²) < 4.78 is 0. The average Bonchev–Trinajstić information content (AvgIpc) is 2.26. The van der Waals surface area contributed by atoms with Crippen LogP contribution in [0.25, 0.3) is 0 Å². The van der Waals surface area contributed by atoms with Crippen molar-refractivity contribution in [2.75, 3.05) is 0 Å². The van der Waals surface area contributed by atoms with Gasteiger partial charge in [-0.05, 0) is 25.2 Å². The van der Waals surface area contributed by atoms with Crippen molar-refractivity contribution in [2.24, 2.45) is 11.3 Å². The Morgan fingerprint density at radius 3 is 2.53 bits per heavy atom. The van der Waals surface area contributed by atoms with Crippen LogP contribution >= 0.6 is 0 Å². The molecule has 1 rings (SSSR count). The van der Waals surface area contributed by atoms with Gasteiger partial charge in [-0.3, -0.25) is 9.59 Å². The van der Waals surface area contributed by atoms with Crippen molar-refractivity contribution >= 4 is 11.7 Å². The predicted molar refractivity (Wildman–Crippen MR) is 68.6 cm³/mol.